The van der Waals surface area contributed by atoms with Crippen molar-refractivity contribution in [3.8, 4) is 0 Å². The van der Waals surface area contributed by atoms with Gasteiger partial charge in [-0.2, -0.15) is 0 Å². The first-order valence-corrected chi connectivity index (χ1v) is 3.57. The summed E-state index contributed by atoms with van der Waals surface area (Å²) in [5, 5.41) is 9.96. The number of nitro groups is 1. The first kappa shape index (κ1) is 8.46. The molecule has 1 aromatic rings. The highest BCUT2D eigenvalue weighted by Crippen LogP contribution is 2.04. The average molecular weight is 163 g/mol. The fourth-order valence-electron chi connectivity index (χ4n) is 0.824. The lowest BCUT2D eigenvalue weighted by Gasteiger charge is -1.91. The highest BCUT2D eigenvalue weighted by Gasteiger charge is 1.88. The molecule has 0 spiro atoms. The molecule has 0 aliphatic heterocycles. The SMILES string of the molecule is Cc1ccc(/C=C\[N+](=O)[O-])cc1. The Bertz CT molecular complexity index is 301. The Morgan fingerprint density at radius 1 is 1.33 bits per heavy atom. The molecule has 0 fully saturated rings. The van der Waals surface area contributed by atoms with Crippen molar-refractivity contribution < 1.29 is 4.92 Å². The Labute approximate surface area is 70.5 Å². The van der Waals surface area contributed by atoms with Gasteiger partial charge in [0.1, 0.15) is 0 Å². The van der Waals surface area contributed by atoms with Crippen molar-refractivity contribution in [2.75, 3.05) is 0 Å². The quantitative estimate of drug-likeness (QED) is 0.495. The molecule has 1 aromatic carbocycles. The summed E-state index contributed by atoms with van der Waals surface area (Å²) in [6, 6.07) is 7.52. The van der Waals surface area contributed by atoms with E-state index in [1.54, 1.807) is 0 Å². The second-order valence-corrected chi connectivity index (χ2v) is 2.51. The summed E-state index contributed by atoms with van der Waals surface area (Å²) in [6.45, 7) is 1.97. The molecule has 1 rings (SSSR count). The molecule has 0 unspecified atom stereocenters. The maximum Gasteiger partial charge on any atom is 0.235 e. The third-order valence-corrected chi connectivity index (χ3v) is 1.47. The van der Waals surface area contributed by atoms with Crippen molar-refractivity contribution in [2.45, 2.75) is 6.92 Å². The van der Waals surface area contributed by atoms with E-state index in [0.29, 0.717) is 0 Å². The van der Waals surface area contributed by atoms with Crippen LogP contribution in [-0.4, -0.2) is 4.92 Å². The smallest absolute Gasteiger partial charge is 0.235 e. The zero-order chi connectivity index (χ0) is 8.97. The van der Waals surface area contributed by atoms with E-state index < -0.39 is 4.92 Å². The van der Waals surface area contributed by atoms with Crippen LogP contribution in [0.15, 0.2) is 30.5 Å². The molecular formula is C9H9NO2. The number of benzene rings is 1. The van der Waals surface area contributed by atoms with E-state index >= 15 is 0 Å². The summed E-state index contributed by atoms with van der Waals surface area (Å²) in [4.78, 5) is 9.49. The second-order valence-electron chi connectivity index (χ2n) is 2.51. The van der Waals surface area contributed by atoms with Gasteiger partial charge in [-0.1, -0.05) is 29.8 Å². The van der Waals surface area contributed by atoms with Crippen LogP contribution in [0.25, 0.3) is 6.08 Å². The van der Waals surface area contributed by atoms with Crippen molar-refractivity contribution >= 4 is 6.08 Å². The van der Waals surface area contributed by atoms with Crippen LogP contribution in [-0.2, 0) is 0 Å². The lowest BCUT2D eigenvalue weighted by molar-refractivity contribution is -0.400. The summed E-state index contributed by atoms with van der Waals surface area (Å²) in [7, 11) is 0. The predicted molar refractivity (Wildman–Crippen MR) is 47.2 cm³/mol. The van der Waals surface area contributed by atoms with Gasteiger partial charge in [0, 0.05) is 6.08 Å². The van der Waals surface area contributed by atoms with Crippen LogP contribution in [0.1, 0.15) is 11.1 Å². The maximum atomic E-state index is 9.96. The molecule has 0 saturated heterocycles. The van der Waals surface area contributed by atoms with Gasteiger partial charge in [0.2, 0.25) is 6.20 Å². The van der Waals surface area contributed by atoms with Crippen LogP contribution in [0.2, 0.25) is 0 Å². The number of hydrogen-bond donors (Lipinski definition) is 0. The third kappa shape index (κ3) is 2.54. The van der Waals surface area contributed by atoms with E-state index in [9.17, 15) is 10.1 Å². The van der Waals surface area contributed by atoms with Crippen molar-refractivity contribution in [2.24, 2.45) is 0 Å². The van der Waals surface area contributed by atoms with Gasteiger partial charge >= 0.3 is 0 Å². The molecule has 0 bridgehead atoms. The number of nitrogens with zero attached hydrogens (tertiary/aromatic N) is 1. The molecule has 0 aromatic heterocycles. The Morgan fingerprint density at radius 2 is 1.92 bits per heavy atom. The Morgan fingerprint density at radius 3 is 2.42 bits per heavy atom. The van der Waals surface area contributed by atoms with E-state index in [2.05, 4.69) is 0 Å². The van der Waals surface area contributed by atoms with Crippen LogP contribution in [0.4, 0.5) is 0 Å². The van der Waals surface area contributed by atoms with Crippen molar-refractivity contribution in [1.82, 2.24) is 0 Å². The van der Waals surface area contributed by atoms with Crippen molar-refractivity contribution in [3.05, 3.63) is 51.7 Å². The summed E-state index contributed by atoms with van der Waals surface area (Å²) < 4.78 is 0. The van der Waals surface area contributed by atoms with Crippen molar-refractivity contribution in [1.29, 1.82) is 0 Å². The van der Waals surface area contributed by atoms with E-state index in [-0.39, 0.29) is 0 Å². The normalized spacial score (nSPS) is 10.4. The van der Waals surface area contributed by atoms with Crippen LogP contribution >= 0.6 is 0 Å². The molecule has 3 heteroatoms. The molecule has 0 aliphatic rings. The van der Waals surface area contributed by atoms with Gasteiger partial charge in [0.25, 0.3) is 0 Å². The highest BCUT2D eigenvalue weighted by molar-refractivity contribution is 5.48. The van der Waals surface area contributed by atoms with E-state index in [4.69, 9.17) is 0 Å². The molecule has 0 heterocycles. The summed E-state index contributed by atoms with van der Waals surface area (Å²) in [5.74, 6) is 0. The van der Waals surface area contributed by atoms with Crippen molar-refractivity contribution in [3.63, 3.8) is 0 Å². The number of rotatable bonds is 2. The zero-order valence-electron chi connectivity index (χ0n) is 6.73. The van der Waals surface area contributed by atoms with Crippen LogP contribution in [0.5, 0.6) is 0 Å². The summed E-state index contributed by atoms with van der Waals surface area (Å²) in [6.07, 6.45) is 2.41. The van der Waals surface area contributed by atoms with Gasteiger partial charge in [-0.25, -0.2) is 0 Å². The minimum Gasteiger partial charge on any atom is -0.259 e. The fraction of sp³-hybridized carbons (Fsp3) is 0.111. The number of aryl methyl sites for hydroxylation is 1. The fourth-order valence-corrected chi connectivity index (χ4v) is 0.824. The summed E-state index contributed by atoms with van der Waals surface area (Å²) in [5.41, 5.74) is 1.99. The highest BCUT2D eigenvalue weighted by atomic mass is 16.6. The molecule has 0 N–H and O–H groups in total. The van der Waals surface area contributed by atoms with Gasteiger partial charge in [0.05, 0.1) is 4.92 Å². The second kappa shape index (κ2) is 3.67. The van der Waals surface area contributed by atoms with Gasteiger partial charge in [-0.05, 0) is 12.5 Å². The minimum absolute atomic E-state index is 0.472. The minimum atomic E-state index is -0.472. The van der Waals surface area contributed by atoms with E-state index in [0.717, 1.165) is 17.3 Å². The molecule has 12 heavy (non-hydrogen) atoms. The topological polar surface area (TPSA) is 43.1 Å². The van der Waals surface area contributed by atoms with Gasteiger partial charge in [-0.3, -0.25) is 10.1 Å². The molecule has 0 amide bonds. The molecule has 0 saturated carbocycles. The monoisotopic (exact) mass is 163 g/mol. The maximum absolute atomic E-state index is 9.96. The van der Waals surface area contributed by atoms with Gasteiger partial charge in [0.15, 0.2) is 0 Å². The molecular weight excluding hydrogens is 154 g/mol. The van der Waals surface area contributed by atoms with Crippen LogP contribution in [0, 0.1) is 17.0 Å². The third-order valence-electron chi connectivity index (χ3n) is 1.47. The van der Waals surface area contributed by atoms with Gasteiger partial charge < -0.3 is 0 Å². The lowest BCUT2D eigenvalue weighted by atomic mass is 10.1. The first-order chi connectivity index (χ1) is 5.68. The van der Waals surface area contributed by atoms with Crippen LogP contribution < -0.4 is 0 Å². The zero-order valence-corrected chi connectivity index (χ0v) is 6.73. The van der Waals surface area contributed by atoms with E-state index in [1.807, 2.05) is 31.2 Å². The first-order valence-electron chi connectivity index (χ1n) is 3.57. The Hall–Kier alpha value is -1.64. The molecule has 3 nitrogen and oxygen atoms in total. The van der Waals surface area contributed by atoms with Crippen LogP contribution in [0.3, 0.4) is 0 Å². The average Bonchev–Trinajstić information content (AvgIpc) is 2.03. The molecule has 62 valence electrons. The largest absolute Gasteiger partial charge is 0.259 e. The number of hydrogen-bond acceptors (Lipinski definition) is 2. The predicted octanol–water partition coefficient (Wildman–Crippen LogP) is 2.24. The molecule has 0 atom stereocenters. The lowest BCUT2D eigenvalue weighted by Crippen LogP contribution is -1.82. The van der Waals surface area contributed by atoms with E-state index in [1.165, 1.54) is 6.08 Å². The Kier molecular flexibility index (Phi) is 2.58. The standard InChI is InChI=1S/C9H9NO2/c1-8-2-4-9(5-3-8)6-7-10(11)12/h2-7H,1H3/b7-6-. The molecule has 0 aliphatic carbocycles. The Balaban J connectivity index is 2.77. The van der Waals surface area contributed by atoms with Gasteiger partial charge in [-0.15, -0.1) is 0 Å². The molecule has 0 radical (unpaired) electrons. The summed E-state index contributed by atoms with van der Waals surface area (Å²) >= 11 is 0.